The lowest BCUT2D eigenvalue weighted by Crippen LogP contribution is -2.14. The van der Waals surface area contributed by atoms with Crippen molar-refractivity contribution in [1.29, 1.82) is 0 Å². The van der Waals surface area contributed by atoms with Crippen LogP contribution in [0, 0.1) is 12.7 Å². The van der Waals surface area contributed by atoms with E-state index in [0.717, 1.165) is 24.2 Å². The number of halogens is 2. The van der Waals surface area contributed by atoms with Crippen molar-refractivity contribution in [3.8, 4) is 5.75 Å². The molecule has 3 aromatic rings. The van der Waals surface area contributed by atoms with E-state index in [4.69, 9.17) is 16.3 Å². The second-order valence-corrected chi connectivity index (χ2v) is 7.90. The van der Waals surface area contributed by atoms with E-state index in [9.17, 15) is 9.18 Å². The first-order valence-electron chi connectivity index (χ1n) is 10.0. The number of aryl methyl sites for hydroxylation is 1. The predicted octanol–water partition coefficient (Wildman–Crippen LogP) is 5.61. The van der Waals surface area contributed by atoms with E-state index in [-0.39, 0.29) is 23.0 Å². The van der Waals surface area contributed by atoms with E-state index in [2.05, 4.69) is 10.4 Å². The van der Waals surface area contributed by atoms with Crippen LogP contribution in [0.4, 0.5) is 10.1 Å². The maximum atomic E-state index is 13.1. The molecule has 156 valence electrons. The average molecular weight is 428 g/mol. The first-order valence-corrected chi connectivity index (χ1v) is 10.4. The Balaban J connectivity index is 1.48. The Kier molecular flexibility index (Phi) is 6.04. The smallest absolute Gasteiger partial charge is 0.260 e. The summed E-state index contributed by atoms with van der Waals surface area (Å²) in [6.07, 6.45) is 4.77. The zero-order valence-corrected chi connectivity index (χ0v) is 17.5. The third-order valence-electron chi connectivity index (χ3n) is 5.23. The van der Waals surface area contributed by atoms with Crippen molar-refractivity contribution >= 4 is 23.2 Å². The first-order chi connectivity index (χ1) is 14.5. The van der Waals surface area contributed by atoms with Crippen molar-refractivity contribution in [2.45, 2.75) is 45.3 Å². The molecule has 0 saturated heterocycles. The Labute approximate surface area is 179 Å². The van der Waals surface area contributed by atoms with Crippen LogP contribution in [0.1, 0.15) is 47.3 Å². The van der Waals surface area contributed by atoms with Gasteiger partial charge in [-0.2, -0.15) is 5.10 Å². The van der Waals surface area contributed by atoms with Gasteiger partial charge in [0.05, 0.1) is 23.9 Å². The molecule has 1 aliphatic carbocycles. The van der Waals surface area contributed by atoms with Crippen LogP contribution in [0.2, 0.25) is 5.15 Å². The lowest BCUT2D eigenvalue weighted by atomic mass is 10.2. The number of amides is 1. The number of carbonyl (C=O) groups is 1. The van der Waals surface area contributed by atoms with E-state index in [1.807, 2.05) is 24.3 Å². The Morgan fingerprint density at radius 1 is 1.23 bits per heavy atom. The van der Waals surface area contributed by atoms with Gasteiger partial charge >= 0.3 is 0 Å². The van der Waals surface area contributed by atoms with Gasteiger partial charge in [0.2, 0.25) is 0 Å². The zero-order chi connectivity index (χ0) is 21.1. The minimum absolute atomic E-state index is 0.243. The molecular weight excluding hydrogens is 405 g/mol. The monoisotopic (exact) mass is 427 g/mol. The largest absolute Gasteiger partial charge is 0.490 e. The standard InChI is InChI=1S/C23H23ClFN3O2/c1-15-21(22(24)28(27-15)14-16-9-11-17(25)12-10-16)23(29)26-18-5-4-8-20(13-18)30-19-6-2-3-7-19/h4-5,8-13,19H,2-3,6-7,14H2,1H3,(H,26,29). The summed E-state index contributed by atoms with van der Waals surface area (Å²) in [4.78, 5) is 12.9. The summed E-state index contributed by atoms with van der Waals surface area (Å²) in [6, 6.07) is 13.5. The van der Waals surface area contributed by atoms with Crippen LogP contribution in [-0.4, -0.2) is 21.8 Å². The Morgan fingerprint density at radius 2 is 1.97 bits per heavy atom. The molecule has 1 amide bonds. The molecule has 4 rings (SSSR count). The maximum Gasteiger partial charge on any atom is 0.260 e. The van der Waals surface area contributed by atoms with Gasteiger partial charge in [0.15, 0.2) is 0 Å². The van der Waals surface area contributed by atoms with Gasteiger partial charge in [-0.25, -0.2) is 9.07 Å². The van der Waals surface area contributed by atoms with Gasteiger partial charge in [-0.05, 0) is 62.4 Å². The summed E-state index contributed by atoms with van der Waals surface area (Å²) in [5.41, 5.74) is 2.32. The van der Waals surface area contributed by atoms with Crippen LogP contribution < -0.4 is 10.1 Å². The molecule has 0 unspecified atom stereocenters. The van der Waals surface area contributed by atoms with Gasteiger partial charge in [0.25, 0.3) is 5.91 Å². The number of ether oxygens (including phenoxy) is 1. The molecular formula is C23H23ClFN3O2. The number of anilines is 1. The normalized spacial score (nSPS) is 14.1. The number of hydrogen-bond donors (Lipinski definition) is 1. The van der Waals surface area contributed by atoms with Gasteiger partial charge in [-0.1, -0.05) is 29.8 Å². The molecule has 1 aromatic heterocycles. The number of nitrogens with one attached hydrogen (secondary N) is 1. The molecule has 2 aromatic carbocycles. The van der Waals surface area contributed by atoms with Crippen LogP contribution in [0.25, 0.3) is 0 Å². The van der Waals surface area contributed by atoms with Crippen LogP contribution >= 0.6 is 11.6 Å². The number of nitrogens with zero attached hydrogens (tertiary/aromatic N) is 2. The second-order valence-electron chi connectivity index (χ2n) is 7.54. The van der Waals surface area contributed by atoms with Crippen molar-refractivity contribution in [2.24, 2.45) is 0 Å². The van der Waals surface area contributed by atoms with Crippen LogP contribution in [0.15, 0.2) is 48.5 Å². The minimum atomic E-state index is -0.333. The third kappa shape index (κ3) is 4.65. The Bertz CT molecular complexity index is 1040. The van der Waals surface area contributed by atoms with Gasteiger partial charge in [-0.3, -0.25) is 4.79 Å². The zero-order valence-electron chi connectivity index (χ0n) is 16.7. The highest BCUT2D eigenvalue weighted by molar-refractivity contribution is 6.33. The van der Waals surface area contributed by atoms with Crippen LogP contribution in [0.3, 0.4) is 0 Å². The predicted molar refractivity (Wildman–Crippen MR) is 115 cm³/mol. The van der Waals surface area contributed by atoms with Gasteiger partial charge < -0.3 is 10.1 Å². The van der Waals surface area contributed by atoms with E-state index < -0.39 is 0 Å². The fraction of sp³-hybridized carbons (Fsp3) is 0.304. The SMILES string of the molecule is Cc1nn(Cc2ccc(F)cc2)c(Cl)c1C(=O)Nc1cccc(OC2CCCC2)c1. The molecule has 1 fully saturated rings. The fourth-order valence-electron chi connectivity index (χ4n) is 3.72. The number of hydrogen-bond acceptors (Lipinski definition) is 3. The summed E-state index contributed by atoms with van der Waals surface area (Å²) in [7, 11) is 0. The van der Waals surface area contributed by atoms with E-state index in [1.54, 1.807) is 23.7 Å². The van der Waals surface area contributed by atoms with Gasteiger partial charge in [-0.15, -0.1) is 0 Å². The van der Waals surface area contributed by atoms with Crippen molar-refractivity contribution in [3.05, 3.63) is 76.3 Å². The molecule has 5 nitrogen and oxygen atoms in total. The van der Waals surface area contributed by atoms with Gasteiger partial charge in [0.1, 0.15) is 16.7 Å². The summed E-state index contributed by atoms with van der Waals surface area (Å²) in [5.74, 6) is 0.107. The van der Waals surface area contributed by atoms with E-state index in [1.165, 1.54) is 25.0 Å². The molecule has 0 aliphatic heterocycles. The average Bonchev–Trinajstić information content (AvgIpc) is 3.31. The summed E-state index contributed by atoms with van der Waals surface area (Å²) in [6.45, 7) is 2.08. The quantitative estimate of drug-likeness (QED) is 0.556. The van der Waals surface area contributed by atoms with Crippen LogP contribution in [0.5, 0.6) is 5.75 Å². The van der Waals surface area contributed by atoms with Gasteiger partial charge in [0, 0.05) is 11.8 Å². The topological polar surface area (TPSA) is 56.2 Å². The lowest BCUT2D eigenvalue weighted by Gasteiger charge is -2.14. The maximum absolute atomic E-state index is 13.1. The molecule has 7 heteroatoms. The summed E-state index contributed by atoms with van der Waals surface area (Å²) < 4.78 is 20.7. The summed E-state index contributed by atoms with van der Waals surface area (Å²) in [5, 5.41) is 7.51. The van der Waals surface area contributed by atoms with Crippen LogP contribution in [-0.2, 0) is 6.54 Å². The molecule has 0 spiro atoms. The third-order valence-corrected chi connectivity index (χ3v) is 5.62. The molecule has 1 aliphatic rings. The highest BCUT2D eigenvalue weighted by Crippen LogP contribution is 2.27. The van der Waals surface area contributed by atoms with Crippen molar-refractivity contribution in [2.75, 3.05) is 5.32 Å². The molecule has 0 bridgehead atoms. The molecule has 1 N–H and O–H groups in total. The number of aromatic nitrogens is 2. The first kappa shape index (κ1) is 20.4. The lowest BCUT2D eigenvalue weighted by molar-refractivity contribution is 0.102. The van der Waals surface area contributed by atoms with Crippen molar-refractivity contribution in [3.63, 3.8) is 0 Å². The van der Waals surface area contributed by atoms with E-state index in [0.29, 0.717) is 23.5 Å². The number of benzene rings is 2. The van der Waals surface area contributed by atoms with Crippen molar-refractivity contribution in [1.82, 2.24) is 9.78 Å². The summed E-state index contributed by atoms with van der Waals surface area (Å²) >= 11 is 6.46. The molecule has 0 atom stereocenters. The van der Waals surface area contributed by atoms with Crippen molar-refractivity contribution < 1.29 is 13.9 Å². The number of rotatable bonds is 6. The highest BCUT2D eigenvalue weighted by Gasteiger charge is 2.21. The number of carbonyl (C=O) groups excluding carboxylic acids is 1. The minimum Gasteiger partial charge on any atom is -0.490 e. The fourth-order valence-corrected chi connectivity index (χ4v) is 4.04. The molecule has 1 heterocycles. The molecule has 0 radical (unpaired) electrons. The highest BCUT2D eigenvalue weighted by atomic mass is 35.5. The second kappa shape index (κ2) is 8.88. The molecule has 30 heavy (non-hydrogen) atoms. The van der Waals surface area contributed by atoms with E-state index >= 15 is 0 Å². The Morgan fingerprint density at radius 3 is 2.70 bits per heavy atom. The molecule has 1 saturated carbocycles. The Hall–Kier alpha value is -2.86.